The fourth-order valence-electron chi connectivity index (χ4n) is 3.45. The van der Waals surface area contributed by atoms with Crippen LogP contribution >= 0.6 is 0 Å². The molecule has 2 amide bonds. The van der Waals surface area contributed by atoms with Crippen molar-refractivity contribution >= 4 is 28.9 Å². The van der Waals surface area contributed by atoms with E-state index in [9.17, 15) is 27.2 Å². The summed E-state index contributed by atoms with van der Waals surface area (Å²) >= 11 is 0. The molecule has 1 fully saturated rings. The Morgan fingerprint density at radius 3 is 2.48 bits per heavy atom. The number of carbonyl (C=O) groups excluding carboxylic acids is 1. The first-order valence-electron chi connectivity index (χ1n) is 9.70. The number of anilines is 1. The lowest BCUT2D eigenvalue weighted by atomic mass is 10.0. The molecule has 1 N–H and O–H groups in total. The Morgan fingerprint density at radius 1 is 1.15 bits per heavy atom. The Bertz CT molecular complexity index is 1230. The molecule has 12 heteroatoms. The first-order valence-corrected chi connectivity index (χ1v) is 9.70. The number of hydrogen-bond acceptors (Lipinski definition) is 5. The van der Waals surface area contributed by atoms with Crippen molar-refractivity contribution in [2.24, 2.45) is 0 Å². The number of pyridine rings is 1. The first kappa shape index (κ1) is 22.5. The minimum atomic E-state index is -4.84. The molecular weight excluding hydrogens is 450 g/mol. The van der Waals surface area contributed by atoms with E-state index in [2.05, 4.69) is 4.98 Å². The lowest BCUT2D eigenvalue weighted by molar-refractivity contribution is -0.136. The molecule has 0 radical (unpaired) electrons. The van der Waals surface area contributed by atoms with Crippen LogP contribution < -0.4 is 4.90 Å². The number of ether oxygens (including phenoxy) is 1. The fraction of sp³-hybridized carbons (Fsp3) is 0.286. The molecule has 4 rings (SSSR count). The molecule has 0 bridgehead atoms. The van der Waals surface area contributed by atoms with Gasteiger partial charge in [-0.05, 0) is 18.2 Å². The number of carboxylic acid groups (broad SMARTS) is 1. The van der Waals surface area contributed by atoms with Crippen molar-refractivity contribution in [1.29, 1.82) is 0 Å². The van der Waals surface area contributed by atoms with Crippen LogP contribution in [-0.2, 0) is 10.9 Å². The summed E-state index contributed by atoms with van der Waals surface area (Å²) in [6.07, 6.45) is -5.48. The standard InChI is InChI=1S/C21H17F4N3O5/c1-27(20(30)31)17-8-12-6-11(7-14(18(12)33-17)21(23,24)25)16-9-13(15(22)10-26-16)19(29)28-2-4-32-5-3-28/h6-10H,2-5H2,1H3,(H,30,31). The van der Waals surface area contributed by atoms with Gasteiger partial charge in [0.25, 0.3) is 5.91 Å². The van der Waals surface area contributed by atoms with Crippen LogP contribution in [0.4, 0.5) is 28.2 Å². The summed E-state index contributed by atoms with van der Waals surface area (Å²) in [5.41, 5.74) is -2.15. The predicted octanol–water partition coefficient (Wildman–Crippen LogP) is 4.24. The molecule has 3 aromatic rings. The van der Waals surface area contributed by atoms with Gasteiger partial charge in [-0.15, -0.1) is 0 Å². The van der Waals surface area contributed by atoms with E-state index >= 15 is 0 Å². The highest BCUT2D eigenvalue weighted by Gasteiger charge is 2.36. The SMILES string of the molecule is CN(C(=O)O)c1cc2cc(-c3cc(C(=O)N4CCOCC4)c(F)cn3)cc(C(F)(F)F)c2o1. The van der Waals surface area contributed by atoms with Crippen molar-refractivity contribution < 1.29 is 41.4 Å². The molecule has 33 heavy (non-hydrogen) atoms. The Hall–Kier alpha value is -3.67. The van der Waals surface area contributed by atoms with E-state index < -0.39 is 35.1 Å². The number of alkyl halides is 3. The van der Waals surface area contributed by atoms with E-state index in [0.717, 1.165) is 31.4 Å². The van der Waals surface area contributed by atoms with Gasteiger partial charge in [-0.1, -0.05) is 0 Å². The Kier molecular flexibility index (Phi) is 5.70. The van der Waals surface area contributed by atoms with E-state index in [1.807, 2.05) is 0 Å². The molecule has 8 nitrogen and oxygen atoms in total. The highest BCUT2D eigenvalue weighted by molar-refractivity contribution is 5.96. The number of amides is 2. The molecule has 1 saturated heterocycles. The van der Waals surface area contributed by atoms with E-state index in [-0.39, 0.29) is 41.2 Å². The fourth-order valence-corrected chi connectivity index (χ4v) is 3.45. The minimum absolute atomic E-state index is 0.0323. The van der Waals surface area contributed by atoms with Gasteiger partial charge in [-0.2, -0.15) is 13.2 Å². The molecule has 1 aliphatic rings. The lowest BCUT2D eigenvalue weighted by Crippen LogP contribution is -2.41. The van der Waals surface area contributed by atoms with Crippen LogP contribution in [0, 0.1) is 5.82 Å². The second kappa shape index (κ2) is 8.35. The second-order valence-corrected chi connectivity index (χ2v) is 7.32. The Labute approximate surface area is 184 Å². The molecule has 0 spiro atoms. The normalized spacial score (nSPS) is 14.5. The molecule has 1 aliphatic heterocycles. The zero-order valence-electron chi connectivity index (χ0n) is 17.1. The third-order valence-electron chi connectivity index (χ3n) is 5.21. The smallest absolute Gasteiger partial charge is 0.420 e. The number of rotatable bonds is 3. The van der Waals surface area contributed by atoms with E-state index in [4.69, 9.17) is 14.3 Å². The van der Waals surface area contributed by atoms with Crippen molar-refractivity contribution in [1.82, 2.24) is 9.88 Å². The van der Waals surface area contributed by atoms with Crippen LogP contribution in [-0.4, -0.2) is 60.3 Å². The lowest BCUT2D eigenvalue weighted by Gasteiger charge is -2.27. The Balaban J connectivity index is 1.82. The van der Waals surface area contributed by atoms with Gasteiger partial charge in [-0.25, -0.2) is 9.18 Å². The van der Waals surface area contributed by atoms with Crippen molar-refractivity contribution in [2.75, 3.05) is 38.3 Å². The van der Waals surface area contributed by atoms with Gasteiger partial charge >= 0.3 is 12.3 Å². The molecular formula is C21H17F4N3O5. The maximum Gasteiger partial charge on any atom is 0.420 e. The summed E-state index contributed by atoms with van der Waals surface area (Å²) in [5.74, 6) is -1.83. The van der Waals surface area contributed by atoms with Crippen molar-refractivity contribution in [3.63, 3.8) is 0 Å². The Morgan fingerprint density at radius 2 is 1.85 bits per heavy atom. The van der Waals surface area contributed by atoms with Gasteiger partial charge in [0.1, 0.15) is 5.58 Å². The van der Waals surface area contributed by atoms with Crippen LogP contribution in [0.1, 0.15) is 15.9 Å². The van der Waals surface area contributed by atoms with E-state index in [1.54, 1.807) is 0 Å². The van der Waals surface area contributed by atoms with Crippen LogP contribution in [0.15, 0.2) is 34.9 Å². The topological polar surface area (TPSA) is 96.1 Å². The largest absolute Gasteiger partial charge is 0.465 e. The maximum absolute atomic E-state index is 14.4. The summed E-state index contributed by atoms with van der Waals surface area (Å²) in [7, 11) is 1.12. The number of hydrogen-bond donors (Lipinski definition) is 1. The third kappa shape index (κ3) is 4.33. The zero-order chi connectivity index (χ0) is 23.9. The van der Waals surface area contributed by atoms with Crippen molar-refractivity contribution in [3.8, 4) is 11.3 Å². The number of carbonyl (C=O) groups is 2. The molecule has 2 aromatic heterocycles. The van der Waals surface area contributed by atoms with Gasteiger partial charge in [0.05, 0.1) is 36.2 Å². The van der Waals surface area contributed by atoms with E-state index in [0.29, 0.717) is 18.1 Å². The van der Waals surface area contributed by atoms with E-state index in [1.165, 1.54) is 11.0 Å². The van der Waals surface area contributed by atoms with Crippen LogP contribution in [0.25, 0.3) is 22.2 Å². The minimum Gasteiger partial charge on any atom is -0.465 e. The van der Waals surface area contributed by atoms with Crippen LogP contribution in [0.5, 0.6) is 0 Å². The van der Waals surface area contributed by atoms with Crippen LogP contribution in [0.3, 0.4) is 0 Å². The predicted molar refractivity (Wildman–Crippen MR) is 108 cm³/mol. The summed E-state index contributed by atoms with van der Waals surface area (Å²) in [4.78, 5) is 29.8. The first-order chi connectivity index (χ1) is 15.6. The van der Waals surface area contributed by atoms with Gasteiger partial charge in [0.2, 0.25) is 5.88 Å². The molecule has 174 valence electrons. The summed E-state index contributed by atoms with van der Waals surface area (Å²) in [6.45, 7) is 1.11. The number of benzene rings is 1. The number of fused-ring (bicyclic) bond motifs is 1. The number of aromatic nitrogens is 1. The van der Waals surface area contributed by atoms with Gasteiger partial charge in [0.15, 0.2) is 5.82 Å². The quantitative estimate of drug-likeness (QED) is 0.579. The maximum atomic E-state index is 14.4. The molecule has 0 atom stereocenters. The third-order valence-corrected chi connectivity index (χ3v) is 5.21. The molecule has 0 aliphatic carbocycles. The number of morpholine rings is 1. The van der Waals surface area contributed by atoms with Crippen LogP contribution in [0.2, 0.25) is 0 Å². The zero-order valence-corrected chi connectivity index (χ0v) is 17.1. The number of nitrogens with zero attached hydrogens (tertiary/aromatic N) is 3. The summed E-state index contributed by atoms with van der Waals surface area (Å²) < 4.78 is 66.0. The van der Waals surface area contributed by atoms with Crippen molar-refractivity contribution in [2.45, 2.75) is 6.18 Å². The second-order valence-electron chi connectivity index (χ2n) is 7.32. The molecule has 0 unspecified atom stereocenters. The summed E-state index contributed by atoms with van der Waals surface area (Å²) in [5, 5.41) is 9.06. The van der Waals surface area contributed by atoms with Gasteiger partial charge < -0.3 is 19.2 Å². The molecule has 3 heterocycles. The molecule has 1 aromatic carbocycles. The molecule has 0 saturated carbocycles. The summed E-state index contributed by atoms with van der Waals surface area (Å²) in [6, 6.07) is 4.31. The highest BCUT2D eigenvalue weighted by atomic mass is 19.4. The average Bonchev–Trinajstić information content (AvgIpc) is 3.21. The average molecular weight is 467 g/mol. The van der Waals surface area contributed by atoms with Crippen molar-refractivity contribution in [3.05, 3.63) is 47.4 Å². The number of furan rings is 1. The van der Waals surface area contributed by atoms with Gasteiger partial charge in [0, 0.05) is 37.2 Å². The highest BCUT2D eigenvalue weighted by Crippen LogP contribution is 2.40. The monoisotopic (exact) mass is 467 g/mol. The van der Waals surface area contributed by atoms with Gasteiger partial charge in [-0.3, -0.25) is 14.7 Å². The number of halogens is 4.